The van der Waals surface area contributed by atoms with Gasteiger partial charge in [-0.1, -0.05) is 0 Å². The first-order valence-corrected chi connectivity index (χ1v) is 8.03. The number of hydrogen-bond acceptors (Lipinski definition) is 3. The lowest BCUT2D eigenvalue weighted by molar-refractivity contribution is 0.0673. The first-order chi connectivity index (χ1) is 10.2. The van der Waals surface area contributed by atoms with E-state index in [4.69, 9.17) is 0 Å². The lowest BCUT2D eigenvalue weighted by Gasteiger charge is -2.34. The molecule has 2 aliphatic rings. The number of rotatable bonds is 3. The van der Waals surface area contributed by atoms with Gasteiger partial charge in [-0.2, -0.15) is 0 Å². The summed E-state index contributed by atoms with van der Waals surface area (Å²) in [5.41, 5.74) is 0.672. The summed E-state index contributed by atoms with van der Waals surface area (Å²) in [5.74, 6) is 1.04. The SMILES string of the molecule is O=C(c1ccc(O)cc1)N1CCC(CN2CCCC2)CC1. The van der Waals surface area contributed by atoms with Gasteiger partial charge >= 0.3 is 0 Å². The van der Waals surface area contributed by atoms with Gasteiger partial charge in [0.25, 0.3) is 5.91 Å². The monoisotopic (exact) mass is 288 g/mol. The second-order valence-electron chi connectivity index (χ2n) is 6.29. The Morgan fingerprint density at radius 1 is 1.05 bits per heavy atom. The van der Waals surface area contributed by atoms with E-state index in [1.165, 1.54) is 32.5 Å². The number of phenolic OH excluding ortho intramolecular Hbond substituents is 1. The smallest absolute Gasteiger partial charge is 0.253 e. The number of phenols is 1. The fraction of sp³-hybridized carbons (Fsp3) is 0.588. The van der Waals surface area contributed by atoms with Crippen LogP contribution in [0.1, 0.15) is 36.0 Å². The van der Waals surface area contributed by atoms with Gasteiger partial charge in [0, 0.05) is 25.2 Å². The molecule has 4 heteroatoms. The Kier molecular flexibility index (Phi) is 4.44. The zero-order valence-electron chi connectivity index (χ0n) is 12.5. The molecule has 2 saturated heterocycles. The molecular weight excluding hydrogens is 264 g/mol. The fourth-order valence-electron chi connectivity index (χ4n) is 3.44. The Labute approximate surface area is 126 Å². The molecule has 0 atom stereocenters. The van der Waals surface area contributed by atoms with Gasteiger partial charge < -0.3 is 14.9 Å². The van der Waals surface area contributed by atoms with Crippen molar-refractivity contribution < 1.29 is 9.90 Å². The summed E-state index contributed by atoms with van der Waals surface area (Å²) in [5, 5.41) is 9.29. The molecule has 21 heavy (non-hydrogen) atoms. The molecule has 3 rings (SSSR count). The Hall–Kier alpha value is -1.55. The molecule has 0 aliphatic carbocycles. The molecule has 0 bridgehead atoms. The minimum atomic E-state index is 0.0922. The van der Waals surface area contributed by atoms with Crippen molar-refractivity contribution in [2.75, 3.05) is 32.7 Å². The molecule has 0 spiro atoms. The molecule has 1 N–H and O–H groups in total. The van der Waals surface area contributed by atoms with Crippen LogP contribution < -0.4 is 0 Å². The van der Waals surface area contributed by atoms with Gasteiger partial charge in [0.05, 0.1) is 0 Å². The van der Waals surface area contributed by atoms with E-state index in [9.17, 15) is 9.90 Å². The highest BCUT2D eigenvalue weighted by atomic mass is 16.3. The maximum Gasteiger partial charge on any atom is 0.253 e. The highest BCUT2D eigenvalue weighted by Crippen LogP contribution is 2.22. The summed E-state index contributed by atoms with van der Waals surface area (Å²) in [4.78, 5) is 16.9. The Morgan fingerprint density at radius 3 is 2.29 bits per heavy atom. The van der Waals surface area contributed by atoms with E-state index in [1.54, 1.807) is 24.3 Å². The van der Waals surface area contributed by atoms with E-state index in [0.717, 1.165) is 31.8 Å². The van der Waals surface area contributed by atoms with Crippen molar-refractivity contribution in [1.29, 1.82) is 0 Å². The highest BCUT2D eigenvalue weighted by Gasteiger charge is 2.25. The average Bonchev–Trinajstić information content (AvgIpc) is 3.01. The number of benzene rings is 1. The number of nitrogens with zero attached hydrogens (tertiary/aromatic N) is 2. The first-order valence-electron chi connectivity index (χ1n) is 8.03. The third kappa shape index (κ3) is 3.56. The normalized spacial score (nSPS) is 20.9. The molecule has 114 valence electrons. The number of amides is 1. The van der Waals surface area contributed by atoms with Gasteiger partial charge in [0.15, 0.2) is 0 Å². The van der Waals surface area contributed by atoms with Crippen molar-refractivity contribution in [1.82, 2.24) is 9.80 Å². The second kappa shape index (κ2) is 6.48. The van der Waals surface area contributed by atoms with Crippen LogP contribution in [-0.2, 0) is 0 Å². The summed E-state index contributed by atoms with van der Waals surface area (Å²) in [7, 11) is 0. The molecule has 0 radical (unpaired) electrons. The van der Waals surface area contributed by atoms with Crippen LogP contribution in [0.3, 0.4) is 0 Å². The second-order valence-corrected chi connectivity index (χ2v) is 6.29. The minimum Gasteiger partial charge on any atom is -0.508 e. The van der Waals surface area contributed by atoms with Crippen LogP contribution in [0.25, 0.3) is 0 Å². The Bertz CT molecular complexity index is 472. The zero-order chi connectivity index (χ0) is 14.7. The maximum atomic E-state index is 12.4. The number of carbonyl (C=O) groups is 1. The Morgan fingerprint density at radius 2 is 1.67 bits per heavy atom. The van der Waals surface area contributed by atoms with Crippen LogP contribution in [-0.4, -0.2) is 53.5 Å². The molecule has 2 aliphatic heterocycles. The third-order valence-corrected chi connectivity index (χ3v) is 4.73. The predicted molar refractivity (Wildman–Crippen MR) is 82.4 cm³/mol. The quantitative estimate of drug-likeness (QED) is 0.928. The molecule has 0 aromatic heterocycles. The van der Waals surface area contributed by atoms with Gasteiger partial charge in [0.2, 0.25) is 0 Å². The molecule has 4 nitrogen and oxygen atoms in total. The molecule has 1 aromatic carbocycles. The van der Waals surface area contributed by atoms with E-state index in [2.05, 4.69) is 4.90 Å². The maximum absolute atomic E-state index is 12.4. The summed E-state index contributed by atoms with van der Waals surface area (Å²) in [6.07, 6.45) is 4.91. The Balaban J connectivity index is 1.50. The average molecular weight is 288 g/mol. The lowest BCUT2D eigenvalue weighted by Crippen LogP contribution is -2.41. The van der Waals surface area contributed by atoms with E-state index in [0.29, 0.717) is 5.56 Å². The predicted octanol–water partition coefficient (Wildman–Crippen LogP) is 2.34. The van der Waals surface area contributed by atoms with E-state index in [1.807, 2.05) is 4.90 Å². The largest absolute Gasteiger partial charge is 0.508 e. The standard InChI is InChI=1S/C17H24N2O2/c20-16-5-3-15(4-6-16)17(21)19-11-7-14(8-12-19)13-18-9-1-2-10-18/h3-6,14,20H,1-2,7-13H2. The summed E-state index contributed by atoms with van der Waals surface area (Å²) in [6, 6.07) is 6.56. The molecule has 0 saturated carbocycles. The van der Waals surface area contributed by atoms with Gasteiger partial charge in [0.1, 0.15) is 5.75 Å². The molecule has 1 aromatic rings. The minimum absolute atomic E-state index is 0.0922. The van der Waals surface area contributed by atoms with Crippen LogP contribution in [0, 0.1) is 5.92 Å². The lowest BCUT2D eigenvalue weighted by atomic mass is 9.95. The highest BCUT2D eigenvalue weighted by molar-refractivity contribution is 5.94. The van der Waals surface area contributed by atoms with Crippen LogP contribution >= 0.6 is 0 Å². The summed E-state index contributed by atoms with van der Waals surface area (Å²) in [6.45, 7) is 5.44. The van der Waals surface area contributed by atoms with Crippen molar-refractivity contribution >= 4 is 5.91 Å². The third-order valence-electron chi connectivity index (χ3n) is 4.73. The van der Waals surface area contributed by atoms with Crippen LogP contribution in [0.5, 0.6) is 5.75 Å². The van der Waals surface area contributed by atoms with Crippen molar-refractivity contribution in [3.05, 3.63) is 29.8 Å². The van der Waals surface area contributed by atoms with Gasteiger partial charge in [-0.25, -0.2) is 0 Å². The van der Waals surface area contributed by atoms with Crippen molar-refractivity contribution in [2.45, 2.75) is 25.7 Å². The van der Waals surface area contributed by atoms with E-state index in [-0.39, 0.29) is 11.7 Å². The molecular formula is C17H24N2O2. The van der Waals surface area contributed by atoms with Crippen LogP contribution in [0.15, 0.2) is 24.3 Å². The first kappa shape index (κ1) is 14.4. The molecule has 0 unspecified atom stereocenters. The summed E-state index contributed by atoms with van der Waals surface area (Å²) < 4.78 is 0. The number of piperidine rings is 1. The molecule has 2 fully saturated rings. The zero-order valence-corrected chi connectivity index (χ0v) is 12.5. The fourth-order valence-corrected chi connectivity index (χ4v) is 3.44. The van der Waals surface area contributed by atoms with Gasteiger partial charge in [-0.3, -0.25) is 4.79 Å². The van der Waals surface area contributed by atoms with Crippen molar-refractivity contribution in [3.8, 4) is 5.75 Å². The number of likely N-dealkylation sites (tertiary alicyclic amines) is 2. The van der Waals surface area contributed by atoms with E-state index < -0.39 is 0 Å². The van der Waals surface area contributed by atoms with Crippen molar-refractivity contribution in [3.63, 3.8) is 0 Å². The topological polar surface area (TPSA) is 43.8 Å². The van der Waals surface area contributed by atoms with Crippen molar-refractivity contribution in [2.24, 2.45) is 5.92 Å². The molecule has 1 amide bonds. The number of hydrogen-bond donors (Lipinski definition) is 1. The number of aromatic hydroxyl groups is 1. The molecule has 2 heterocycles. The van der Waals surface area contributed by atoms with E-state index >= 15 is 0 Å². The number of carbonyl (C=O) groups excluding carboxylic acids is 1. The van der Waals surface area contributed by atoms with Gasteiger partial charge in [-0.05, 0) is 69.0 Å². The van der Waals surface area contributed by atoms with Crippen LogP contribution in [0.2, 0.25) is 0 Å². The van der Waals surface area contributed by atoms with Gasteiger partial charge in [-0.15, -0.1) is 0 Å². The summed E-state index contributed by atoms with van der Waals surface area (Å²) >= 11 is 0. The van der Waals surface area contributed by atoms with Crippen LogP contribution in [0.4, 0.5) is 0 Å².